The van der Waals surface area contributed by atoms with Gasteiger partial charge in [-0.1, -0.05) is 0 Å². The topological polar surface area (TPSA) is 75.4 Å². The number of hydrogen-bond donors (Lipinski definition) is 2. The van der Waals surface area contributed by atoms with Crippen molar-refractivity contribution in [2.75, 3.05) is 13.1 Å². The molecule has 2 aliphatic rings. The number of rotatable bonds is 3. The molecule has 21 heavy (non-hydrogen) atoms. The Labute approximate surface area is 121 Å². The van der Waals surface area contributed by atoms with Crippen molar-refractivity contribution in [1.29, 1.82) is 0 Å². The summed E-state index contributed by atoms with van der Waals surface area (Å²) in [6.45, 7) is 1.59. The number of hydrogen-bond acceptors (Lipinski definition) is 3. The molecule has 0 bridgehead atoms. The lowest BCUT2D eigenvalue weighted by Crippen LogP contribution is -2.63. The number of carbonyl (C=O) groups is 2. The Morgan fingerprint density at radius 1 is 1.14 bits per heavy atom. The van der Waals surface area contributed by atoms with E-state index in [0.717, 1.165) is 12.8 Å². The molecule has 8 heteroatoms. The quantitative estimate of drug-likeness (QED) is 0.809. The minimum absolute atomic E-state index is 0.124. The predicted octanol–water partition coefficient (Wildman–Crippen LogP) is 0.783. The van der Waals surface area contributed by atoms with Crippen molar-refractivity contribution in [3.05, 3.63) is 0 Å². The van der Waals surface area contributed by atoms with Gasteiger partial charge in [0.25, 0.3) is 0 Å². The fourth-order valence-electron chi connectivity index (χ4n) is 2.30. The van der Waals surface area contributed by atoms with Gasteiger partial charge in [0.2, 0.25) is 11.8 Å². The van der Waals surface area contributed by atoms with Crippen LogP contribution >= 0.6 is 0 Å². The van der Waals surface area contributed by atoms with Gasteiger partial charge in [0.05, 0.1) is 0 Å². The van der Waals surface area contributed by atoms with E-state index in [2.05, 4.69) is 5.32 Å². The Morgan fingerprint density at radius 3 is 2.10 bits per heavy atom. The maximum Gasteiger partial charge on any atom is 0.415 e. The number of nitrogens with zero attached hydrogens (tertiary/aromatic N) is 1. The molecule has 1 aliphatic heterocycles. The summed E-state index contributed by atoms with van der Waals surface area (Å²) in [5, 5.41) is 2.35. The zero-order valence-corrected chi connectivity index (χ0v) is 11.9. The molecule has 1 heterocycles. The van der Waals surface area contributed by atoms with Gasteiger partial charge in [-0.25, -0.2) is 0 Å². The van der Waals surface area contributed by atoms with E-state index in [1.54, 1.807) is 4.90 Å². The summed E-state index contributed by atoms with van der Waals surface area (Å²) >= 11 is 0. The van der Waals surface area contributed by atoms with Gasteiger partial charge in [0, 0.05) is 25.0 Å². The second kappa shape index (κ2) is 5.47. The van der Waals surface area contributed by atoms with Crippen molar-refractivity contribution in [2.45, 2.75) is 50.4 Å². The van der Waals surface area contributed by atoms with Crippen LogP contribution in [0.3, 0.4) is 0 Å². The van der Waals surface area contributed by atoms with Crippen LogP contribution in [0.15, 0.2) is 0 Å². The van der Waals surface area contributed by atoms with Gasteiger partial charge in [-0.05, 0) is 32.6 Å². The Kier molecular flexibility index (Phi) is 4.19. The van der Waals surface area contributed by atoms with E-state index in [-0.39, 0.29) is 17.9 Å². The number of halogens is 3. The number of amides is 2. The number of piperidine rings is 1. The highest BCUT2D eigenvalue weighted by atomic mass is 19.4. The summed E-state index contributed by atoms with van der Waals surface area (Å²) in [7, 11) is 0. The zero-order chi connectivity index (χ0) is 15.8. The maximum atomic E-state index is 12.7. The molecule has 1 atom stereocenters. The molecule has 1 saturated heterocycles. The molecule has 2 rings (SSSR count). The molecule has 5 nitrogen and oxygen atoms in total. The lowest BCUT2D eigenvalue weighted by atomic mass is 9.99. The van der Waals surface area contributed by atoms with Crippen molar-refractivity contribution in [3.63, 3.8) is 0 Å². The fraction of sp³-hybridized carbons (Fsp3) is 0.846. The van der Waals surface area contributed by atoms with Crippen LogP contribution in [-0.2, 0) is 9.59 Å². The van der Waals surface area contributed by atoms with Gasteiger partial charge in [0.15, 0.2) is 5.54 Å². The Balaban J connectivity index is 1.83. The van der Waals surface area contributed by atoms with Crippen LogP contribution in [0.1, 0.15) is 32.6 Å². The molecular weight excluding hydrogens is 287 g/mol. The average Bonchev–Trinajstić information content (AvgIpc) is 3.21. The molecule has 0 aromatic rings. The smallest absolute Gasteiger partial charge is 0.351 e. The van der Waals surface area contributed by atoms with Crippen molar-refractivity contribution in [1.82, 2.24) is 10.2 Å². The van der Waals surface area contributed by atoms with Crippen molar-refractivity contribution >= 4 is 11.8 Å². The standard InChI is InChI=1S/C13H20F3N3O2/c1-12(17,13(14,15)16)11(21)18-9-4-6-19(7-5-9)10(20)8-2-3-8/h8-9H,2-7,17H2,1H3,(H,18,21). The van der Waals surface area contributed by atoms with E-state index in [9.17, 15) is 22.8 Å². The Hall–Kier alpha value is -1.31. The van der Waals surface area contributed by atoms with E-state index in [1.807, 2.05) is 0 Å². The van der Waals surface area contributed by atoms with Gasteiger partial charge < -0.3 is 16.0 Å². The minimum atomic E-state index is -4.79. The lowest BCUT2D eigenvalue weighted by Gasteiger charge is -2.34. The zero-order valence-electron chi connectivity index (χ0n) is 11.9. The first-order valence-electron chi connectivity index (χ1n) is 7.08. The summed E-state index contributed by atoms with van der Waals surface area (Å²) < 4.78 is 38.0. The highest BCUT2D eigenvalue weighted by Crippen LogP contribution is 2.32. The molecule has 1 saturated carbocycles. The minimum Gasteiger partial charge on any atom is -0.351 e. The molecule has 120 valence electrons. The van der Waals surface area contributed by atoms with E-state index in [1.165, 1.54) is 0 Å². The summed E-state index contributed by atoms with van der Waals surface area (Å²) in [5.41, 5.74) is 2.18. The molecule has 2 amide bonds. The summed E-state index contributed by atoms with van der Waals surface area (Å²) in [4.78, 5) is 25.3. The summed E-state index contributed by atoms with van der Waals surface area (Å²) in [6.07, 6.45) is -2.03. The molecule has 3 N–H and O–H groups in total. The van der Waals surface area contributed by atoms with Crippen molar-refractivity contribution < 1.29 is 22.8 Å². The highest BCUT2D eigenvalue weighted by Gasteiger charge is 2.54. The van der Waals surface area contributed by atoms with Crippen LogP contribution in [0.2, 0.25) is 0 Å². The third kappa shape index (κ3) is 3.48. The monoisotopic (exact) mass is 307 g/mol. The van der Waals surface area contributed by atoms with E-state index >= 15 is 0 Å². The number of nitrogens with one attached hydrogen (secondary N) is 1. The second-order valence-corrected chi connectivity index (χ2v) is 6.05. The first-order chi connectivity index (χ1) is 9.63. The average molecular weight is 307 g/mol. The first kappa shape index (κ1) is 16.1. The molecule has 0 spiro atoms. The number of nitrogens with two attached hydrogens (primary N) is 1. The molecule has 0 aromatic heterocycles. The van der Waals surface area contributed by atoms with Gasteiger partial charge in [0.1, 0.15) is 0 Å². The van der Waals surface area contributed by atoms with Crippen LogP contribution < -0.4 is 11.1 Å². The van der Waals surface area contributed by atoms with Crippen LogP contribution in [-0.4, -0.2) is 47.6 Å². The van der Waals surface area contributed by atoms with E-state index in [4.69, 9.17) is 5.73 Å². The first-order valence-corrected chi connectivity index (χ1v) is 7.08. The molecule has 2 fully saturated rings. The van der Waals surface area contributed by atoms with Gasteiger partial charge in [-0.2, -0.15) is 13.2 Å². The molecule has 1 unspecified atom stereocenters. The number of carbonyl (C=O) groups excluding carboxylic acids is 2. The summed E-state index contributed by atoms with van der Waals surface area (Å²) in [5.74, 6) is -0.964. The maximum absolute atomic E-state index is 12.7. The van der Waals surface area contributed by atoms with Crippen LogP contribution in [0.25, 0.3) is 0 Å². The highest BCUT2D eigenvalue weighted by molar-refractivity contribution is 5.87. The number of likely N-dealkylation sites (tertiary alicyclic amines) is 1. The van der Waals surface area contributed by atoms with Crippen molar-refractivity contribution in [3.8, 4) is 0 Å². The number of alkyl halides is 3. The van der Waals surface area contributed by atoms with E-state index in [0.29, 0.717) is 32.9 Å². The molecule has 0 radical (unpaired) electrons. The Morgan fingerprint density at radius 2 is 1.67 bits per heavy atom. The largest absolute Gasteiger partial charge is 0.415 e. The van der Waals surface area contributed by atoms with Crippen molar-refractivity contribution in [2.24, 2.45) is 11.7 Å². The van der Waals surface area contributed by atoms with Gasteiger partial charge in [-0.15, -0.1) is 0 Å². The Bertz CT molecular complexity index is 425. The molecule has 1 aliphatic carbocycles. The lowest BCUT2D eigenvalue weighted by molar-refractivity contribution is -0.187. The fourth-order valence-corrected chi connectivity index (χ4v) is 2.30. The molecular formula is C13H20F3N3O2. The third-order valence-corrected chi connectivity index (χ3v) is 4.13. The van der Waals surface area contributed by atoms with Gasteiger partial charge in [-0.3, -0.25) is 9.59 Å². The summed E-state index contributed by atoms with van der Waals surface area (Å²) in [6, 6.07) is -0.369. The van der Waals surface area contributed by atoms with Crippen LogP contribution in [0.4, 0.5) is 13.2 Å². The van der Waals surface area contributed by atoms with Crippen LogP contribution in [0, 0.1) is 5.92 Å². The second-order valence-electron chi connectivity index (χ2n) is 6.05. The van der Waals surface area contributed by atoms with E-state index < -0.39 is 17.6 Å². The van der Waals surface area contributed by atoms with Crippen LogP contribution in [0.5, 0.6) is 0 Å². The molecule has 0 aromatic carbocycles. The normalized spacial score (nSPS) is 23.6. The predicted molar refractivity (Wildman–Crippen MR) is 69.1 cm³/mol. The third-order valence-electron chi connectivity index (χ3n) is 4.13. The van der Waals surface area contributed by atoms with Gasteiger partial charge >= 0.3 is 6.18 Å². The SMILES string of the molecule is CC(N)(C(=O)NC1CCN(C(=O)C2CC2)CC1)C(F)(F)F.